The molecule has 2 N–H and O–H groups in total. The first-order chi connectivity index (χ1) is 8.90. The third kappa shape index (κ3) is 3.62. The fraction of sp³-hybridized carbons (Fsp3) is 1.00. The van der Waals surface area contributed by atoms with E-state index in [2.05, 4.69) is 22.4 Å². The van der Waals surface area contributed by atoms with Crippen LogP contribution in [0.2, 0.25) is 0 Å². The zero-order valence-electron chi connectivity index (χ0n) is 11.2. The van der Waals surface area contributed by atoms with E-state index in [-0.39, 0.29) is 0 Å². The monoisotopic (exact) mass is 270 g/mol. The van der Waals surface area contributed by atoms with Crippen LogP contribution in [-0.4, -0.2) is 48.9 Å². The van der Waals surface area contributed by atoms with Crippen LogP contribution < -0.4 is 10.6 Å². The Bertz CT molecular complexity index is 198. The highest BCUT2D eigenvalue weighted by molar-refractivity contribution is 7.99. The number of thioether (sulfide) groups is 1. The van der Waals surface area contributed by atoms with Crippen molar-refractivity contribution < 1.29 is 4.74 Å². The molecule has 4 saturated heterocycles. The fourth-order valence-electron chi connectivity index (χ4n) is 3.45. The molecule has 18 heavy (non-hydrogen) atoms. The lowest BCUT2D eigenvalue weighted by Gasteiger charge is -2.35. The molecule has 0 radical (unpaired) electrons. The maximum Gasteiger partial charge on any atom is 0.0620 e. The number of morpholine rings is 1. The molecule has 4 heterocycles. The zero-order chi connectivity index (χ0) is 12.2. The van der Waals surface area contributed by atoms with Gasteiger partial charge in [-0.3, -0.25) is 0 Å². The molecule has 4 aliphatic heterocycles. The Balaban J connectivity index is 0.000000111. The Labute approximate surface area is 115 Å². The number of hydrogen-bond acceptors (Lipinski definition) is 4. The average Bonchev–Trinajstić information content (AvgIpc) is 2.40. The molecular formula is C14H26N2OS. The van der Waals surface area contributed by atoms with Crippen LogP contribution >= 0.6 is 11.8 Å². The first kappa shape index (κ1) is 13.2. The summed E-state index contributed by atoms with van der Waals surface area (Å²) in [5.74, 6) is 2.72. The number of nitrogens with one attached hydrogen (secondary N) is 2. The van der Waals surface area contributed by atoms with Crippen molar-refractivity contribution in [3.05, 3.63) is 0 Å². The van der Waals surface area contributed by atoms with Crippen LogP contribution in [0.4, 0.5) is 0 Å². The Morgan fingerprint density at radius 1 is 0.722 bits per heavy atom. The maximum absolute atomic E-state index is 5.37. The Morgan fingerprint density at radius 3 is 1.72 bits per heavy atom. The molecule has 0 aliphatic carbocycles. The van der Waals surface area contributed by atoms with Gasteiger partial charge in [0, 0.05) is 35.7 Å². The lowest BCUT2D eigenvalue weighted by molar-refractivity contribution is 0.0238. The molecule has 0 aromatic rings. The van der Waals surface area contributed by atoms with E-state index in [4.69, 9.17) is 4.74 Å². The van der Waals surface area contributed by atoms with E-state index in [0.717, 1.165) is 25.3 Å². The third-order valence-electron chi connectivity index (χ3n) is 4.43. The van der Waals surface area contributed by atoms with Crippen LogP contribution in [0.15, 0.2) is 0 Å². The van der Waals surface area contributed by atoms with Gasteiger partial charge in [-0.2, -0.15) is 11.8 Å². The smallest absolute Gasteiger partial charge is 0.0620 e. The third-order valence-corrected chi connectivity index (χ3v) is 5.71. The van der Waals surface area contributed by atoms with Gasteiger partial charge in [0.2, 0.25) is 0 Å². The zero-order valence-corrected chi connectivity index (χ0v) is 12.0. The number of fused-ring (bicyclic) bond motifs is 4. The van der Waals surface area contributed by atoms with Crippen molar-refractivity contribution in [2.24, 2.45) is 0 Å². The molecule has 3 nitrogen and oxygen atoms in total. The first-order valence-corrected chi connectivity index (χ1v) is 8.73. The molecule has 4 bridgehead atoms. The summed E-state index contributed by atoms with van der Waals surface area (Å²) in [5, 5.41) is 7.16. The molecule has 4 unspecified atom stereocenters. The molecule has 4 atom stereocenters. The summed E-state index contributed by atoms with van der Waals surface area (Å²) in [5.41, 5.74) is 0. The van der Waals surface area contributed by atoms with E-state index in [1.165, 1.54) is 50.0 Å². The predicted molar refractivity (Wildman–Crippen MR) is 77.3 cm³/mol. The van der Waals surface area contributed by atoms with Crippen molar-refractivity contribution in [3.8, 4) is 0 Å². The van der Waals surface area contributed by atoms with Crippen molar-refractivity contribution in [1.82, 2.24) is 10.6 Å². The number of ether oxygens (including phenoxy) is 1. The van der Waals surface area contributed by atoms with Gasteiger partial charge in [0.05, 0.1) is 13.2 Å². The van der Waals surface area contributed by atoms with Gasteiger partial charge in [0.1, 0.15) is 0 Å². The molecule has 0 saturated carbocycles. The molecule has 0 aromatic heterocycles. The lowest BCUT2D eigenvalue weighted by atomic mass is 9.98. The Morgan fingerprint density at radius 2 is 1.22 bits per heavy atom. The highest BCUT2D eigenvalue weighted by Crippen LogP contribution is 2.23. The SMILES string of the molecule is C1CC2COCC(C1)N2.C1CC2CSCC(C1)N2. The molecule has 0 spiro atoms. The van der Waals surface area contributed by atoms with Crippen LogP contribution in [0.25, 0.3) is 0 Å². The number of hydrogen-bond donors (Lipinski definition) is 2. The topological polar surface area (TPSA) is 33.3 Å². The van der Waals surface area contributed by atoms with Gasteiger partial charge in [-0.05, 0) is 25.7 Å². The predicted octanol–water partition coefficient (Wildman–Crippen LogP) is 1.77. The molecule has 4 heteroatoms. The minimum atomic E-state index is 0.678. The highest BCUT2D eigenvalue weighted by atomic mass is 32.2. The van der Waals surface area contributed by atoms with E-state index in [9.17, 15) is 0 Å². The van der Waals surface area contributed by atoms with Crippen molar-refractivity contribution in [1.29, 1.82) is 0 Å². The van der Waals surface area contributed by atoms with Crippen molar-refractivity contribution >= 4 is 11.8 Å². The van der Waals surface area contributed by atoms with Gasteiger partial charge < -0.3 is 15.4 Å². The van der Waals surface area contributed by atoms with Gasteiger partial charge in [-0.25, -0.2) is 0 Å². The molecule has 0 amide bonds. The van der Waals surface area contributed by atoms with Crippen molar-refractivity contribution in [2.45, 2.75) is 62.7 Å². The minimum Gasteiger partial charge on any atom is -0.378 e. The van der Waals surface area contributed by atoms with E-state index < -0.39 is 0 Å². The molecule has 0 aromatic carbocycles. The van der Waals surface area contributed by atoms with E-state index in [1.54, 1.807) is 0 Å². The van der Waals surface area contributed by atoms with Crippen LogP contribution in [-0.2, 0) is 4.74 Å². The minimum absolute atomic E-state index is 0.678. The quantitative estimate of drug-likeness (QED) is 0.703. The maximum atomic E-state index is 5.37. The van der Waals surface area contributed by atoms with Gasteiger partial charge in [-0.15, -0.1) is 0 Å². The van der Waals surface area contributed by atoms with Crippen molar-refractivity contribution in [3.63, 3.8) is 0 Å². The summed E-state index contributed by atoms with van der Waals surface area (Å²) < 4.78 is 5.37. The summed E-state index contributed by atoms with van der Waals surface area (Å²) >= 11 is 2.12. The summed E-state index contributed by atoms with van der Waals surface area (Å²) in [6, 6.07) is 3.08. The second-order valence-corrected chi connectivity index (χ2v) is 7.13. The highest BCUT2D eigenvalue weighted by Gasteiger charge is 2.25. The second-order valence-electron chi connectivity index (χ2n) is 6.06. The second kappa shape index (κ2) is 6.60. The normalized spacial score (nSPS) is 42.7. The van der Waals surface area contributed by atoms with Crippen molar-refractivity contribution in [2.75, 3.05) is 24.7 Å². The Hall–Kier alpha value is 0.230. The number of piperidine rings is 2. The van der Waals surface area contributed by atoms with Crippen LogP contribution in [0.3, 0.4) is 0 Å². The van der Waals surface area contributed by atoms with Gasteiger partial charge in [0.25, 0.3) is 0 Å². The van der Waals surface area contributed by atoms with E-state index in [1.807, 2.05) is 0 Å². The van der Waals surface area contributed by atoms with Gasteiger partial charge in [-0.1, -0.05) is 12.8 Å². The van der Waals surface area contributed by atoms with Crippen LogP contribution in [0.5, 0.6) is 0 Å². The van der Waals surface area contributed by atoms with Gasteiger partial charge >= 0.3 is 0 Å². The van der Waals surface area contributed by atoms with E-state index >= 15 is 0 Å². The molecule has 4 rings (SSSR count). The fourth-order valence-corrected chi connectivity index (χ4v) is 4.68. The van der Waals surface area contributed by atoms with Crippen LogP contribution in [0, 0.1) is 0 Å². The summed E-state index contributed by atoms with van der Waals surface area (Å²) in [7, 11) is 0. The summed E-state index contributed by atoms with van der Waals surface area (Å²) in [4.78, 5) is 0. The van der Waals surface area contributed by atoms with Gasteiger partial charge in [0.15, 0.2) is 0 Å². The molecule has 4 aliphatic rings. The standard InChI is InChI=1S/C7H13NO.C7H13NS/c2*1-2-6-4-9-5-7(3-1)8-6/h2*6-8H,1-5H2. The molecule has 104 valence electrons. The molecule has 4 fully saturated rings. The van der Waals surface area contributed by atoms with Crippen LogP contribution in [0.1, 0.15) is 38.5 Å². The van der Waals surface area contributed by atoms with E-state index in [0.29, 0.717) is 12.1 Å². The largest absolute Gasteiger partial charge is 0.378 e. The summed E-state index contributed by atoms with van der Waals surface area (Å²) in [6.45, 7) is 1.88. The number of rotatable bonds is 0. The Kier molecular flexibility index (Phi) is 4.85. The lowest BCUT2D eigenvalue weighted by Crippen LogP contribution is -2.51. The molecular weight excluding hydrogens is 244 g/mol. The first-order valence-electron chi connectivity index (χ1n) is 7.58. The average molecular weight is 270 g/mol. The summed E-state index contributed by atoms with van der Waals surface area (Å²) in [6.07, 6.45) is 8.33.